The molecule has 2 rings (SSSR count). The van der Waals surface area contributed by atoms with Gasteiger partial charge in [-0.05, 0) is 43.5 Å². The minimum absolute atomic E-state index is 0.0417. The van der Waals surface area contributed by atoms with Crippen LogP contribution in [0.25, 0.3) is 0 Å². The van der Waals surface area contributed by atoms with E-state index in [1.54, 1.807) is 0 Å². The van der Waals surface area contributed by atoms with Gasteiger partial charge in [0.2, 0.25) is 0 Å². The summed E-state index contributed by atoms with van der Waals surface area (Å²) in [7, 11) is 0. The monoisotopic (exact) mass is 223 g/mol. The number of benzene rings is 1. The molecule has 0 spiro atoms. The third-order valence-corrected chi connectivity index (χ3v) is 3.10. The fourth-order valence-electron chi connectivity index (χ4n) is 1.84. The van der Waals surface area contributed by atoms with E-state index in [4.69, 9.17) is 0 Å². The average molecular weight is 223 g/mol. The van der Waals surface area contributed by atoms with Crippen LogP contribution >= 0.6 is 0 Å². The van der Waals surface area contributed by atoms with Crippen molar-refractivity contribution in [2.75, 3.05) is 6.61 Å². The molecule has 0 unspecified atom stereocenters. The van der Waals surface area contributed by atoms with E-state index in [0.717, 1.165) is 19.3 Å². The first-order chi connectivity index (χ1) is 7.65. The quantitative estimate of drug-likeness (QED) is 0.815. The maximum absolute atomic E-state index is 12.7. The maximum Gasteiger partial charge on any atom is 0.251 e. The van der Waals surface area contributed by atoms with Gasteiger partial charge in [0.1, 0.15) is 5.82 Å². The highest BCUT2D eigenvalue weighted by Crippen LogP contribution is 2.31. The van der Waals surface area contributed by atoms with Gasteiger partial charge in [-0.2, -0.15) is 0 Å². The number of carbonyl (C=O) groups is 1. The molecule has 0 aliphatic heterocycles. The van der Waals surface area contributed by atoms with Crippen molar-refractivity contribution in [1.82, 2.24) is 5.32 Å². The van der Waals surface area contributed by atoms with E-state index in [1.807, 2.05) is 0 Å². The van der Waals surface area contributed by atoms with Gasteiger partial charge in [-0.15, -0.1) is 0 Å². The molecule has 16 heavy (non-hydrogen) atoms. The first kappa shape index (κ1) is 11.1. The lowest BCUT2D eigenvalue weighted by Crippen LogP contribution is -2.56. The zero-order valence-electron chi connectivity index (χ0n) is 8.87. The van der Waals surface area contributed by atoms with Crippen LogP contribution in [0.5, 0.6) is 0 Å². The third-order valence-electron chi connectivity index (χ3n) is 3.10. The predicted octanol–water partition coefficient (Wildman–Crippen LogP) is 1.47. The minimum atomic E-state index is -0.453. The van der Waals surface area contributed by atoms with Gasteiger partial charge in [-0.25, -0.2) is 4.39 Å². The lowest BCUT2D eigenvalue weighted by Gasteiger charge is -2.40. The summed E-state index contributed by atoms with van der Waals surface area (Å²) in [5.41, 5.74) is -0.0352. The molecular formula is C12H14FNO2. The van der Waals surface area contributed by atoms with Crippen LogP contribution in [0.3, 0.4) is 0 Å². The summed E-state index contributed by atoms with van der Waals surface area (Å²) in [5, 5.41) is 12.0. The molecule has 1 aromatic rings. The Balaban J connectivity index is 2.05. The fraction of sp³-hybridized carbons (Fsp3) is 0.417. The van der Waals surface area contributed by atoms with Crippen LogP contribution in [0.2, 0.25) is 0 Å². The van der Waals surface area contributed by atoms with E-state index in [0.29, 0.717) is 5.56 Å². The number of halogens is 1. The summed E-state index contributed by atoms with van der Waals surface area (Å²) in [6.45, 7) is -0.0417. The van der Waals surface area contributed by atoms with Gasteiger partial charge >= 0.3 is 0 Å². The second-order valence-corrected chi connectivity index (χ2v) is 4.25. The average Bonchev–Trinajstić information content (AvgIpc) is 2.24. The Kier molecular flexibility index (Phi) is 2.92. The van der Waals surface area contributed by atoms with E-state index >= 15 is 0 Å². The fourth-order valence-corrected chi connectivity index (χ4v) is 1.84. The van der Waals surface area contributed by atoms with Crippen LogP contribution in [-0.4, -0.2) is 23.2 Å². The number of carbonyl (C=O) groups excluding carboxylic acids is 1. The predicted molar refractivity (Wildman–Crippen MR) is 57.5 cm³/mol. The number of hydrogen-bond donors (Lipinski definition) is 2. The molecule has 1 fully saturated rings. The summed E-state index contributed by atoms with van der Waals surface area (Å²) in [5.74, 6) is -0.620. The topological polar surface area (TPSA) is 49.3 Å². The zero-order valence-corrected chi connectivity index (χ0v) is 8.87. The summed E-state index contributed by atoms with van der Waals surface area (Å²) < 4.78 is 12.7. The Bertz CT molecular complexity index is 379. The lowest BCUT2D eigenvalue weighted by atomic mass is 9.77. The first-order valence-corrected chi connectivity index (χ1v) is 5.34. The number of aliphatic hydroxyl groups is 1. The number of amides is 1. The Labute approximate surface area is 93.3 Å². The molecule has 1 aromatic carbocycles. The van der Waals surface area contributed by atoms with Crippen LogP contribution < -0.4 is 5.32 Å². The molecule has 1 saturated carbocycles. The molecule has 0 atom stereocenters. The zero-order chi connectivity index (χ0) is 11.6. The number of rotatable bonds is 3. The van der Waals surface area contributed by atoms with E-state index in [9.17, 15) is 14.3 Å². The van der Waals surface area contributed by atoms with Crippen molar-refractivity contribution in [3.05, 3.63) is 35.6 Å². The first-order valence-electron chi connectivity index (χ1n) is 5.34. The molecule has 0 aromatic heterocycles. The van der Waals surface area contributed by atoms with Crippen LogP contribution in [0.1, 0.15) is 29.6 Å². The Hall–Kier alpha value is -1.42. The van der Waals surface area contributed by atoms with E-state index in [1.165, 1.54) is 24.3 Å². The molecule has 0 radical (unpaired) electrons. The van der Waals surface area contributed by atoms with Gasteiger partial charge in [0.25, 0.3) is 5.91 Å². The highest BCUT2D eigenvalue weighted by Gasteiger charge is 2.37. The molecule has 1 amide bonds. The van der Waals surface area contributed by atoms with Gasteiger partial charge in [0.05, 0.1) is 12.1 Å². The van der Waals surface area contributed by atoms with Gasteiger partial charge < -0.3 is 10.4 Å². The molecule has 2 N–H and O–H groups in total. The van der Waals surface area contributed by atoms with Gasteiger partial charge in [-0.1, -0.05) is 0 Å². The Morgan fingerprint density at radius 2 is 2.00 bits per heavy atom. The van der Waals surface area contributed by atoms with Crippen molar-refractivity contribution >= 4 is 5.91 Å². The van der Waals surface area contributed by atoms with Crippen LogP contribution in [-0.2, 0) is 0 Å². The summed E-state index contributed by atoms with van der Waals surface area (Å²) in [4.78, 5) is 11.8. The molecule has 86 valence electrons. The summed E-state index contributed by atoms with van der Waals surface area (Å²) in [6.07, 6.45) is 2.62. The summed E-state index contributed by atoms with van der Waals surface area (Å²) in [6, 6.07) is 5.38. The largest absolute Gasteiger partial charge is 0.394 e. The van der Waals surface area contributed by atoms with Crippen molar-refractivity contribution in [2.24, 2.45) is 0 Å². The van der Waals surface area contributed by atoms with Crippen molar-refractivity contribution in [3.8, 4) is 0 Å². The molecule has 0 heterocycles. The van der Waals surface area contributed by atoms with Gasteiger partial charge in [0.15, 0.2) is 0 Å². The summed E-state index contributed by atoms with van der Waals surface area (Å²) >= 11 is 0. The lowest BCUT2D eigenvalue weighted by molar-refractivity contribution is 0.0641. The third kappa shape index (κ3) is 2.07. The van der Waals surface area contributed by atoms with Crippen molar-refractivity contribution in [1.29, 1.82) is 0 Å². The van der Waals surface area contributed by atoms with Crippen LogP contribution in [0, 0.1) is 5.82 Å². The number of aliphatic hydroxyl groups excluding tert-OH is 1. The smallest absolute Gasteiger partial charge is 0.251 e. The van der Waals surface area contributed by atoms with Crippen molar-refractivity contribution < 1.29 is 14.3 Å². The molecule has 1 aliphatic carbocycles. The second kappa shape index (κ2) is 4.22. The van der Waals surface area contributed by atoms with E-state index in [2.05, 4.69) is 5.32 Å². The molecule has 3 nitrogen and oxygen atoms in total. The number of nitrogens with one attached hydrogen (secondary N) is 1. The molecular weight excluding hydrogens is 209 g/mol. The SMILES string of the molecule is O=C(NC1(CO)CCC1)c1ccc(F)cc1. The Morgan fingerprint density at radius 1 is 1.38 bits per heavy atom. The number of hydrogen-bond acceptors (Lipinski definition) is 2. The van der Waals surface area contributed by atoms with Gasteiger partial charge in [0, 0.05) is 5.56 Å². The highest BCUT2D eigenvalue weighted by molar-refractivity contribution is 5.94. The van der Waals surface area contributed by atoms with Crippen LogP contribution in [0.15, 0.2) is 24.3 Å². The van der Waals surface area contributed by atoms with Crippen molar-refractivity contribution in [2.45, 2.75) is 24.8 Å². The normalized spacial score (nSPS) is 17.6. The highest BCUT2D eigenvalue weighted by atomic mass is 19.1. The van der Waals surface area contributed by atoms with E-state index < -0.39 is 5.54 Å². The van der Waals surface area contributed by atoms with Crippen LogP contribution in [0.4, 0.5) is 4.39 Å². The minimum Gasteiger partial charge on any atom is -0.394 e. The van der Waals surface area contributed by atoms with Gasteiger partial charge in [-0.3, -0.25) is 4.79 Å². The molecule has 4 heteroatoms. The second-order valence-electron chi connectivity index (χ2n) is 4.25. The van der Waals surface area contributed by atoms with E-state index in [-0.39, 0.29) is 18.3 Å². The standard InChI is InChI=1S/C12H14FNO2/c13-10-4-2-9(3-5-10)11(16)14-12(8-15)6-1-7-12/h2-5,15H,1,6-8H2,(H,14,16). The molecule has 1 aliphatic rings. The maximum atomic E-state index is 12.7. The molecule has 0 saturated heterocycles. The Morgan fingerprint density at radius 3 is 2.44 bits per heavy atom. The van der Waals surface area contributed by atoms with Crippen molar-refractivity contribution in [3.63, 3.8) is 0 Å². The molecule has 0 bridgehead atoms.